The molecule has 1 fully saturated rings. The monoisotopic (exact) mass is 414 g/mol. The molecule has 1 aliphatic heterocycles. The second kappa shape index (κ2) is 9.98. The van der Waals surface area contributed by atoms with Gasteiger partial charge in [0.25, 0.3) is 5.91 Å². The zero-order chi connectivity index (χ0) is 20.6. The topological polar surface area (TPSA) is 59.1 Å². The van der Waals surface area contributed by atoms with E-state index < -0.39 is 5.97 Å². The summed E-state index contributed by atoms with van der Waals surface area (Å²) in [6, 6.07) is 14.9. The van der Waals surface area contributed by atoms with Crippen LogP contribution in [0.1, 0.15) is 5.56 Å². The molecule has 29 heavy (non-hydrogen) atoms. The number of hydrogen-bond donors (Lipinski definition) is 0. The molecule has 1 amide bonds. The molecule has 0 radical (unpaired) electrons. The molecule has 2 aromatic carbocycles. The number of piperazine rings is 1. The number of amides is 1. The number of anilines is 1. The van der Waals surface area contributed by atoms with E-state index in [1.807, 2.05) is 42.5 Å². The van der Waals surface area contributed by atoms with Crippen LogP contribution in [0, 0.1) is 0 Å². The summed E-state index contributed by atoms with van der Waals surface area (Å²) in [7, 11) is 1.58. The number of hydrogen-bond acceptors (Lipinski definition) is 5. The first kappa shape index (κ1) is 20.7. The fourth-order valence-electron chi connectivity index (χ4n) is 3.09. The Morgan fingerprint density at radius 2 is 1.83 bits per heavy atom. The van der Waals surface area contributed by atoms with Gasteiger partial charge in [-0.25, -0.2) is 4.79 Å². The summed E-state index contributed by atoms with van der Waals surface area (Å²) in [4.78, 5) is 28.1. The van der Waals surface area contributed by atoms with Gasteiger partial charge >= 0.3 is 5.97 Å². The number of benzene rings is 2. The number of nitrogens with zero attached hydrogens (tertiary/aromatic N) is 2. The van der Waals surface area contributed by atoms with Crippen molar-refractivity contribution in [2.45, 2.75) is 0 Å². The highest BCUT2D eigenvalue weighted by Gasteiger charge is 2.22. The van der Waals surface area contributed by atoms with Gasteiger partial charge < -0.3 is 19.3 Å². The van der Waals surface area contributed by atoms with Crippen LogP contribution in [-0.2, 0) is 14.3 Å². The van der Waals surface area contributed by atoms with Crippen LogP contribution in [-0.4, -0.2) is 56.7 Å². The molecule has 2 aromatic rings. The largest absolute Gasteiger partial charge is 0.497 e. The second-order valence-corrected chi connectivity index (χ2v) is 6.94. The zero-order valence-corrected chi connectivity index (χ0v) is 17.0. The molecule has 1 aliphatic rings. The molecule has 0 N–H and O–H groups in total. The third kappa shape index (κ3) is 5.74. The lowest BCUT2D eigenvalue weighted by Crippen LogP contribution is -2.50. The minimum atomic E-state index is -0.559. The molecule has 1 saturated heterocycles. The molecule has 152 valence electrons. The molecule has 1 heterocycles. The second-order valence-electron chi connectivity index (χ2n) is 6.54. The molecule has 0 unspecified atom stereocenters. The van der Waals surface area contributed by atoms with Crippen LogP contribution >= 0.6 is 11.6 Å². The van der Waals surface area contributed by atoms with Crippen molar-refractivity contribution in [2.75, 3.05) is 44.8 Å². The van der Waals surface area contributed by atoms with E-state index in [-0.39, 0.29) is 12.5 Å². The smallest absolute Gasteiger partial charge is 0.331 e. The van der Waals surface area contributed by atoms with Crippen LogP contribution in [0.2, 0.25) is 5.02 Å². The summed E-state index contributed by atoms with van der Waals surface area (Å²) < 4.78 is 10.2. The summed E-state index contributed by atoms with van der Waals surface area (Å²) in [5.74, 6) is -0.0607. The first-order chi connectivity index (χ1) is 14.1. The van der Waals surface area contributed by atoms with Crippen molar-refractivity contribution in [1.29, 1.82) is 0 Å². The Kier molecular flexibility index (Phi) is 7.14. The highest BCUT2D eigenvalue weighted by molar-refractivity contribution is 6.33. The van der Waals surface area contributed by atoms with Gasteiger partial charge in [0.15, 0.2) is 6.61 Å². The number of carbonyl (C=O) groups is 2. The van der Waals surface area contributed by atoms with E-state index in [1.165, 1.54) is 6.08 Å². The number of ether oxygens (including phenoxy) is 2. The molecule has 7 heteroatoms. The van der Waals surface area contributed by atoms with E-state index in [4.69, 9.17) is 21.1 Å². The molecule has 3 rings (SSSR count). The van der Waals surface area contributed by atoms with Crippen molar-refractivity contribution in [1.82, 2.24) is 4.90 Å². The van der Waals surface area contributed by atoms with Gasteiger partial charge in [-0.2, -0.15) is 0 Å². The zero-order valence-electron chi connectivity index (χ0n) is 16.2. The van der Waals surface area contributed by atoms with Gasteiger partial charge in [0.05, 0.1) is 17.8 Å². The number of carbonyl (C=O) groups excluding carboxylic acids is 2. The molecule has 0 spiro atoms. The molecule has 0 bridgehead atoms. The molecular formula is C22H23ClN2O4. The van der Waals surface area contributed by atoms with Crippen molar-refractivity contribution in [2.24, 2.45) is 0 Å². The van der Waals surface area contributed by atoms with E-state index in [0.29, 0.717) is 37.0 Å². The van der Waals surface area contributed by atoms with Gasteiger partial charge in [0.1, 0.15) is 5.75 Å². The van der Waals surface area contributed by atoms with Crippen LogP contribution in [0.5, 0.6) is 5.75 Å². The Morgan fingerprint density at radius 3 is 2.55 bits per heavy atom. The van der Waals surface area contributed by atoms with E-state index in [2.05, 4.69) is 4.90 Å². The van der Waals surface area contributed by atoms with Crippen molar-refractivity contribution in [3.05, 3.63) is 65.2 Å². The lowest BCUT2D eigenvalue weighted by molar-refractivity contribution is -0.148. The number of esters is 1. The molecule has 6 nitrogen and oxygen atoms in total. The van der Waals surface area contributed by atoms with E-state index in [9.17, 15) is 9.59 Å². The van der Waals surface area contributed by atoms with Gasteiger partial charge in [-0.15, -0.1) is 0 Å². The Hall–Kier alpha value is -2.99. The fraction of sp³-hybridized carbons (Fsp3) is 0.273. The maximum absolute atomic E-state index is 12.3. The van der Waals surface area contributed by atoms with Crippen molar-refractivity contribution < 1.29 is 19.1 Å². The Bertz CT molecular complexity index is 892. The van der Waals surface area contributed by atoms with Crippen LogP contribution < -0.4 is 9.64 Å². The summed E-state index contributed by atoms with van der Waals surface area (Å²) in [5, 5.41) is 0.698. The van der Waals surface area contributed by atoms with Crippen LogP contribution in [0.4, 0.5) is 5.69 Å². The predicted octanol–water partition coefficient (Wildman–Crippen LogP) is 3.25. The average Bonchev–Trinajstić information content (AvgIpc) is 2.76. The third-order valence-electron chi connectivity index (χ3n) is 4.67. The van der Waals surface area contributed by atoms with Gasteiger partial charge in [0.2, 0.25) is 0 Å². The molecule has 0 aromatic heterocycles. The standard InChI is InChI=1S/C22H23ClN2O4/c1-28-18-6-4-5-17(15-18)9-10-22(27)29-16-21(26)25-13-11-24(12-14-25)20-8-3-2-7-19(20)23/h2-10,15H,11-14,16H2,1H3/b10-9+. The van der Waals surface area contributed by atoms with Crippen molar-refractivity contribution in [3.8, 4) is 5.75 Å². The van der Waals surface area contributed by atoms with Crippen LogP contribution in [0.3, 0.4) is 0 Å². The Balaban J connectivity index is 1.44. The quantitative estimate of drug-likeness (QED) is 0.536. The van der Waals surface area contributed by atoms with Gasteiger partial charge in [0, 0.05) is 32.3 Å². The number of para-hydroxylation sites is 1. The summed E-state index contributed by atoms with van der Waals surface area (Å²) in [6.45, 7) is 2.20. The highest BCUT2D eigenvalue weighted by atomic mass is 35.5. The van der Waals surface area contributed by atoms with Crippen molar-refractivity contribution in [3.63, 3.8) is 0 Å². The first-order valence-electron chi connectivity index (χ1n) is 9.33. The first-order valence-corrected chi connectivity index (χ1v) is 9.71. The van der Waals surface area contributed by atoms with E-state index in [0.717, 1.165) is 11.3 Å². The Morgan fingerprint density at radius 1 is 1.07 bits per heavy atom. The van der Waals surface area contributed by atoms with Crippen LogP contribution in [0.15, 0.2) is 54.6 Å². The fourth-order valence-corrected chi connectivity index (χ4v) is 3.34. The van der Waals surface area contributed by atoms with E-state index in [1.54, 1.807) is 24.2 Å². The summed E-state index contributed by atoms with van der Waals surface area (Å²) in [5.41, 5.74) is 1.78. The van der Waals surface area contributed by atoms with Crippen molar-refractivity contribution >= 4 is 35.2 Å². The molecular weight excluding hydrogens is 392 g/mol. The highest BCUT2D eigenvalue weighted by Crippen LogP contribution is 2.26. The lowest BCUT2D eigenvalue weighted by Gasteiger charge is -2.36. The summed E-state index contributed by atoms with van der Waals surface area (Å²) in [6.07, 6.45) is 2.93. The van der Waals surface area contributed by atoms with Gasteiger partial charge in [-0.3, -0.25) is 4.79 Å². The average molecular weight is 415 g/mol. The SMILES string of the molecule is COc1cccc(/C=C/C(=O)OCC(=O)N2CCN(c3ccccc3Cl)CC2)c1. The van der Waals surface area contributed by atoms with Gasteiger partial charge in [-0.1, -0.05) is 35.9 Å². The minimum Gasteiger partial charge on any atom is -0.497 e. The molecule has 0 saturated carbocycles. The third-order valence-corrected chi connectivity index (χ3v) is 4.99. The van der Waals surface area contributed by atoms with Gasteiger partial charge in [-0.05, 0) is 35.9 Å². The molecule has 0 aliphatic carbocycles. The maximum atomic E-state index is 12.3. The lowest BCUT2D eigenvalue weighted by atomic mass is 10.2. The molecule has 0 atom stereocenters. The van der Waals surface area contributed by atoms with Crippen LogP contribution in [0.25, 0.3) is 6.08 Å². The minimum absolute atomic E-state index is 0.202. The van der Waals surface area contributed by atoms with E-state index >= 15 is 0 Å². The Labute approximate surface area is 175 Å². The number of rotatable bonds is 6. The number of methoxy groups -OCH3 is 1. The predicted molar refractivity (Wildman–Crippen MR) is 113 cm³/mol. The maximum Gasteiger partial charge on any atom is 0.331 e. The summed E-state index contributed by atoms with van der Waals surface area (Å²) >= 11 is 6.24. The normalized spacial score (nSPS) is 14.1. The number of halogens is 1.